The summed E-state index contributed by atoms with van der Waals surface area (Å²) in [5, 5.41) is 4.87. The maximum absolute atomic E-state index is 12.2. The molecule has 1 fully saturated rings. The quantitative estimate of drug-likeness (QED) is 0.764. The van der Waals surface area contributed by atoms with E-state index in [0.29, 0.717) is 11.4 Å². The number of fused-ring (bicyclic) bond motifs is 1. The molecular weight excluding hydrogens is 316 g/mol. The molecule has 130 valence electrons. The number of rotatable bonds is 5. The van der Waals surface area contributed by atoms with E-state index in [9.17, 15) is 4.79 Å². The maximum Gasteiger partial charge on any atom is 0.258 e. The van der Waals surface area contributed by atoms with Gasteiger partial charge in [-0.1, -0.05) is 18.6 Å². The largest absolute Gasteiger partial charge is 0.310 e. The Morgan fingerprint density at radius 1 is 1.24 bits per heavy atom. The summed E-state index contributed by atoms with van der Waals surface area (Å²) in [4.78, 5) is 26.3. The van der Waals surface area contributed by atoms with Gasteiger partial charge in [0.25, 0.3) is 5.56 Å². The second kappa shape index (κ2) is 7.14. The number of piperidine rings is 1. The van der Waals surface area contributed by atoms with Crippen molar-refractivity contribution < 1.29 is 0 Å². The lowest BCUT2D eigenvalue weighted by Crippen LogP contribution is -2.43. The number of hydrogen-bond acceptors (Lipinski definition) is 5. The zero-order valence-electron chi connectivity index (χ0n) is 14.1. The first-order chi connectivity index (χ1) is 12.3. The fourth-order valence-electron chi connectivity index (χ4n) is 3.61. The molecule has 0 radical (unpaired) electrons. The van der Waals surface area contributed by atoms with Crippen LogP contribution in [0.25, 0.3) is 10.9 Å². The van der Waals surface area contributed by atoms with Crippen LogP contribution in [0.15, 0.2) is 41.7 Å². The highest BCUT2D eigenvalue weighted by Crippen LogP contribution is 2.18. The maximum atomic E-state index is 12.2. The Balaban J connectivity index is 1.46. The molecule has 1 aliphatic rings. The van der Waals surface area contributed by atoms with Gasteiger partial charge in [0.05, 0.1) is 17.4 Å². The van der Waals surface area contributed by atoms with Crippen LogP contribution < -0.4 is 5.56 Å². The van der Waals surface area contributed by atoms with E-state index in [4.69, 9.17) is 0 Å². The molecule has 0 aliphatic carbocycles. The van der Waals surface area contributed by atoms with Crippen molar-refractivity contribution >= 4 is 10.9 Å². The molecule has 3 aromatic rings. The van der Waals surface area contributed by atoms with Gasteiger partial charge in [-0.3, -0.25) is 14.4 Å². The highest BCUT2D eigenvalue weighted by Gasteiger charge is 2.23. The number of nitrogens with one attached hydrogen (secondary N) is 1. The summed E-state index contributed by atoms with van der Waals surface area (Å²) in [5.41, 5.74) is 0.706. The van der Waals surface area contributed by atoms with Crippen LogP contribution in [0, 0.1) is 0 Å². The molecule has 1 unspecified atom stereocenters. The third-order valence-corrected chi connectivity index (χ3v) is 4.91. The summed E-state index contributed by atoms with van der Waals surface area (Å²) in [6.45, 7) is 2.83. The average molecular weight is 338 g/mol. The fourth-order valence-corrected chi connectivity index (χ4v) is 3.61. The van der Waals surface area contributed by atoms with E-state index in [1.165, 1.54) is 19.3 Å². The van der Waals surface area contributed by atoms with Gasteiger partial charge in [-0.25, -0.2) is 9.97 Å². The predicted molar refractivity (Wildman–Crippen MR) is 95.3 cm³/mol. The summed E-state index contributed by atoms with van der Waals surface area (Å²) in [6.07, 6.45) is 7.73. The van der Waals surface area contributed by atoms with Crippen molar-refractivity contribution in [2.24, 2.45) is 0 Å². The van der Waals surface area contributed by atoms with Gasteiger partial charge in [0.15, 0.2) is 0 Å². The van der Waals surface area contributed by atoms with Crippen molar-refractivity contribution in [3.63, 3.8) is 0 Å². The van der Waals surface area contributed by atoms with Crippen LogP contribution in [0.4, 0.5) is 0 Å². The van der Waals surface area contributed by atoms with Gasteiger partial charge in [-0.15, -0.1) is 0 Å². The monoisotopic (exact) mass is 338 g/mol. The minimum absolute atomic E-state index is 0.0570. The molecule has 1 N–H and O–H groups in total. The minimum Gasteiger partial charge on any atom is -0.310 e. The SMILES string of the molecule is O=c1[nH]c(CCN2CCCCC2Cn2cncn2)nc2ccccc12. The lowest BCUT2D eigenvalue weighted by Gasteiger charge is -2.35. The molecule has 0 spiro atoms. The van der Waals surface area contributed by atoms with E-state index in [0.717, 1.165) is 37.4 Å². The molecule has 4 rings (SSSR count). The van der Waals surface area contributed by atoms with Crippen LogP contribution in [0.2, 0.25) is 0 Å². The van der Waals surface area contributed by atoms with E-state index in [-0.39, 0.29) is 5.56 Å². The van der Waals surface area contributed by atoms with Crippen molar-refractivity contribution in [1.82, 2.24) is 29.6 Å². The first kappa shape index (κ1) is 16.0. The normalized spacial score (nSPS) is 18.6. The summed E-state index contributed by atoms with van der Waals surface area (Å²) in [5.74, 6) is 0.758. The van der Waals surface area contributed by atoms with Gasteiger partial charge in [-0.2, -0.15) is 5.10 Å². The predicted octanol–water partition coefficient (Wildman–Crippen LogP) is 1.61. The number of H-pyrrole nitrogens is 1. The van der Waals surface area contributed by atoms with Crippen LogP contribution in [0.1, 0.15) is 25.1 Å². The van der Waals surface area contributed by atoms with Gasteiger partial charge in [0.2, 0.25) is 0 Å². The number of likely N-dealkylation sites (tertiary alicyclic amines) is 1. The molecule has 1 atom stereocenters. The average Bonchev–Trinajstić information content (AvgIpc) is 3.14. The molecule has 1 aliphatic heterocycles. The molecule has 1 saturated heterocycles. The zero-order chi connectivity index (χ0) is 17.1. The molecule has 25 heavy (non-hydrogen) atoms. The second-order valence-corrected chi connectivity index (χ2v) is 6.58. The Bertz CT molecular complexity index is 888. The molecule has 1 aromatic carbocycles. The number of para-hydroxylation sites is 1. The second-order valence-electron chi connectivity index (χ2n) is 6.58. The number of nitrogens with zero attached hydrogens (tertiary/aromatic N) is 5. The Kier molecular flexibility index (Phi) is 4.56. The van der Waals surface area contributed by atoms with Crippen molar-refractivity contribution in [3.05, 3.63) is 53.1 Å². The van der Waals surface area contributed by atoms with Crippen LogP contribution in [0.3, 0.4) is 0 Å². The van der Waals surface area contributed by atoms with Crippen molar-refractivity contribution in [3.8, 4) is 0 Å². The Morgan fingerprint density at radius 2 is 2.16 bits per heavy atom. The first-order valence-electron chi connectivity index (χ1n) is 8.84. The third-order valence-electron chi connectivity index (χ3n) is 4.91. The molecule has 3 heterocycles. The summed E-state index contributed by atoms with van der Waals surface area (Å²) in [6, 6.07) is 7.94. The number of aromatic nitrogens is 5. The lowest BCUT2D eigenvalue weighted by molar-refractivity contribution is 0.130. The third kappa shape index (κ3) is 3.61. The molecule has 0 amide bonds. The highest BCUT2D eigenvalue weighted by molar-refractivity contribution is 5.77. The van der Waals surface area contributed by atoms with Gasteiger partial charge >= 0.3 is 0 Å². The Morgan fingerprint density at radius 3 is 3.04 bits per heavy atom. The van der Waals surface area contributed by atoms with Gasteiger partial charge in [-0.05, 0) is 31.5 Å². The van der Waals surface area contributed by atoms with E-state index < -0.39 is 0 Å². The number of aromatic amines is 1. The van der Waals surface area contributed by atoms with Crippen molar-refractivity contribution in [1.29, 1.82) is 0 Å². The molecule has 2 aromatic heterocycles. The van der Waals surface area contributed by atoms with E-state index >= 15 is 0 Å². The Labute approximate surface area is 145 Å². The number of benzene rings is 1. The Hall–Kier alpha value is -2.54. The standard InChI is InChI=1S/C18H22N6O/c25-18-15-6-1-2-7-16(15)21-17(22-18)8-10-23-9-4-3-5-14(23)11-24-13-19-12-20-24/h1-2,6-7,12-14H,3-5,8-11H2,(H,21,22,25). The first-order valence-corrected chi connectivity index (χ1v) is 8.84. The molecule has 7 heteroatoms. The fraction of sp³-hybridized carbons (Fsp3) is 0.444. The van der Waals surface area contributed by atoms with Gasteiger partial charge in [0.1, 0.15) is 18.5 Å². The topological polar surface area (TPSA) is 79.7 Å². The summed E-state index contributed by atoms with van der Waals surface area (Å²) < 4.78 is 1.90. The van der Waals surface area contributed by atoms with Crippen molar-refractivity contribution in [2.45, 2.75) is 38.3 Å². The molecule has 0 saturated carbocycles. The summed E-state index contributed by atoms with van der Waals surface area (Å²) in [7, 11) is 0. The van der Waals surface area contributed by atoms with Gasteiger partial charge in [0, 0.05) is 19.0 Å². The van der Waals surface area contributed by atoms with Crippen LogP contribution >= 0.6 is 0 Å². The molecular formula is C18H22N6O. The van der Waals surface area contributed by atoms with E-state index in [1.807, 2.05) is 28.9 Å². The molecule has 0 bridgehead atoms. The van der Waals surface area contributed by atoms with E-state index in [1.54, 1.807) is 12.7 Å². The van der Waals surface area contributed by atoms with Crippen LogP contribution in [-0.4, -0.2) is 48.8 Å². The van der Waals surface area contributed by atoms with Crippen molar-refractivity contribution in [2.75, 3.05) is 13.1 Å². The minimum atomic E-state index is -0.0570. The summed E-state index contributed by atoms with van der Waals surface area (Å²) >= 11 is 0. The molecule has 7 nitrogen and oxygen atoms in total. The highest BCUT2D eigenvalue weighted by atomic mass is 16.1. The zero-order valence-corrected chi connectivity index (χ0v) is 14.1. The number of hydrogen-bond donors (Lipinski definition) is 1. The smallest absolute Gasteiger partial charge is 0.258 e. The lowest BCUT2D eigenvalue weighted by atomic mass is 10.0. The van der Waals surface area contributed by atoms with Crippen LogP contribution in [0.5, 0.6) is 0 Å². The van der Waals surface area contributed by atoms with E-state index in [2.05, 4.69) is 25.0 Å². The van der Waals surface area contributed by atoms with Gasteiger partial charge < -0.3 is 4.98 Å². The van der Waals surface area contributed by atoms with Crippen LogP contribution in [-0.2, 0) is 13.0 Å².